The van der Waals surface area contributed by atoms with Crippen molar-refractivity contribution in [2.75, 3.05) is 19.7 Å². The Balaban J connectivity index is 1.19. The summed E-state index contributed by atoms with van der Waals surface area (Å²) in [6.07, 6.45) is 8.09. The van der Waals surface area contributed by atoms with E-state index in [-0.39, 0.29) is 36.2 Å². The van der Waals surface area contributed by atoms with Gasteiger partial charge in [-0.1, -0.05) is 12.1 Å². The molecule has 0 radical (unpaired) electrons. The molecule has 6 rings (SSSR count). The van der Waals surface area contributed by atoms with E-state index in [1.54, 1.807) is 17.0 Å². The highest BCUT2D eigenvalue weighted by Gasteiger charge is 2.57. The number of amides is 2. The quantitative estimate of drug-likeness (QED) is 0.567. The highest BCUT2D eigenvalue weighted by atomic mass is 19.1. The van der Waals surface area contributed by atoms with Gasteiger partial charge in [0.25, 0.3) is 5.91 Å². The third-order valence-electron chi connectivity index (χ3n) is 8.61. The van der Waals surface area contributed by atoms with Crippen LogP contribution >= 0.6 is 0 Å². The first kappa shape index (κ1) is 23.3. The number of rotatable bonds is 7. The first-order chi connectivity index (χ1) is 16.4. The maximum Gasteiger partial charge on any atom is 0.329 e. The minimum absolute atomic E-state index is 0.152. The van der Waals surface area contributed by atoms with Gasteiger partial charge in [-0.2, -0.15) is 0 Å². The number of nitrogens with zero attached hydrogens (tertiary/aromatic N) is 2. The van der Waals surface area contributed by atoms with Crippen LogP contribution in [0.3, 0.4) is 0 Å². The molecule has 184 valence electrons. The van der Waals surface area contributed by atoms with Crippen molar-refractivity contribution in [1.82, 2.24) is 9.80 Å². The van der Waals surface area contributed by atoms with E-state index < -0.39 is 12.0 Å². The van der Waals surface area contributed by atoms with Gasteiger partial charge in [-0.15, -0.1) is 0 Å². The molecule has 7 heteroatoms. The predicted molar refractivity (Wildman–Crippen MR) is 124 cm³/mol. The summed E-state index contributed by atoms with van der Waals surface area (Å²) < 4.78 is 18.9. The van der Waals surface area contributed by atoms with Crippen molar-refractivity contribution >= 4 is 17.8 Å². The van der Waals surface area contributed by atoms with Crippen LogP contribution in [0, 0.1) is 29.0 Å². The zero-order valence-electron chi connectivity index (χ0n) is 20.0. The molecule has 1 unspecified atom stereocenters. The monoisotopic (exact) mass is 470 g/mol. The Kier molecular flexibility index (Phi) is 6.38. The smallest absolute Gasteiger partial charge is 0.329 e. The van der Waals surface area contributed by atoms with Crippen LogP contribution in [0.15, 0.2) is 24.3 Å². The van der Waals surface area contributed by atoms with Gasteiger partial charge in [-0.25, -0.2) is 9.18 Å². The van der Waals surface area contributed by atoms with E-state index in [2.05, 4.69) is 0 Å². The van der Waals surface area contributed by atoms with Crippen LogP contribution in [0.1, 0.15) is 63.9 Å². The van der Waals surface area contributed by atoms with Crippen molar-refractivity contribution in [3.05, 3.63) is 35.6 Å². The minimum Gasteiger partial charge on any atom is -0.454 e. The maximum absolute atomic E-state index is 13.7. The van der Waals surface area contributed by atoms with Gasteiger partial charge in [0.1, 0.15) is 11.9 Å². The van der Waals surface area contributed by atoms with Gasteiger partial charge in [0.15, 0.2) is 6.61 Å². The standard InChI is InChI=1S/C27H35FN2O4/c1-2-29(16-18-5-3-6-22(28)12-18)24(31)17-34-25(32)23-7-4-8-30(23)26(33)27-13-19-9-20(14-27)11-21(10-19)15-27/h3,5-6,12,19-21,23H,2,4,7-11,13-17H2,1H3. The number of carbonyl (C=O) groups excluding carboxylic acids is 3. The first-order valence-electron chi connectivity index (χ1n) is 12.9. The van der Waals surface area contributed by atoms with E-state index in [4.69, 9.17) is 4.74 Å². The highest BCUT2D eigenvalue weighted by Crippen LogP contribution is 2.60. The molecule has 1 heterocycles. The van der Waals surface area contributed by atoms with Crippen molar-refractivity contribution < 1.29 is 23.5 Å². The van der Waals surface area contributed by atoms with Gasteiger partial charge >= 0.3 is 5.97 Å². The van der Waals surface area contributed by atoms with E-state index in [9.17, 15) is 18.8 Å². The number of esters is 1. The van der Waals surface area contributed by atoms with Gasteiger partial charge in [-0.3, -0.25) is 9.59 Å². The van der Waals surface area contributed by atoms with Crippen LogP contribution in [0.2, 0.25) is 0 Å². The van der Waals surface area contributed by atoms with Gasteiger partial charge in [-0.05, 0) is 93.7 Å². The lowest BCUT2D eigenvalue weighted by Crippen LogP contribution is -2.56. The maximum atomic E-state index is 13.7. The predicted octanol–water partition coefficient (Wildman–Crippen LogP) is 3.92. The molecular formula is C27H35FN2O4. The normalized spacial score (nSPS) is 31.5. The summed E-state index contributed by atoms with van der Waals surface area (Å²) in [5, 5.41) is 0. The number of halogens is 1. The Morgan fingerprint density at radius 1 is 1.12 bits per heavy atom. The minimum atomic E-state index is -0.591. The molecule has 2 amide bonds. The number of hydrogen-bond donors (Lipinski definition) is 0. The number of likely N-dealkylation sites (N-methyl/N-ethyl adjacent to an activating group) is 1. The third-order valence-corrected chi connectivity index (χ3v) is 8.61. The van der Waals surface area contributed by atoms with Crippen molar-refractivity contribution in [2.24, 2.45) is 23.2 Å². The highest BCUT2D eigenvalue weighted by molar-refractivity contribution is 5.90. The summed E-state index contributed by atoms with van der Waals surface area (Å²) >= 11 is 0. The van der Waals surface area contributed by atoms with Crippen molar-refractivity contribution in [2.45, 2.75) is 70.9 Å². The molecule has 1 saturated heterocycles. The molecular weight excluding hydrogens is 435 g/mol. The molecule has 4 aliphatic carbocycles. The molecule has 1 aromatic rings. The average Bonchev–Trinajstić information content (AvgIpc) is 3.29. The molecule has 0 spiro atoms. The molecule has 0 N–H and O–H groups in total. The molecule has 1 atom stereocenters. The fourth-order valence-corrected chi connectivity index (χ4v) is 7.48. The van der Waals surface area contributed by atoms with Crippen molar-refractivity contribution in [1.29, 1.82) is 0 Å². The Labute approximate surface area is 200 Å². The molecule has 0 aromatic heterocycles. The topological polar surface area (TPSA) is 66.9 Å². The summed E-state index contributed by atoms with van der Waals surface area (Å²) in [5.41, 5.74) is 0.405. The molecule has 1 aromatic carbocycles. The Morgan fingerprint density at radius 3 is 2.41 bits per heavy atom. The Morgan fingerprint density at radius 2 is 1.79 bits per heavy atom. The molecule has 34 heavy (non-hydrogen) atoms. The fourth-order valence-electron chi connectivity index (χ4n) is 7.48. The van der Waals surface area contributed by atoms with E-state index in [1.165, 1.54) is 36.3 Å². The molecule has 4 saturated carbocycles. The number of ether oxygens (including phenoxy) is 1. The lowest BCUT2D eigenvalue weighted by atomic mass is 9.49. The SMILES string of the molecule is CCN(Cc1cccc(F)c1)C(=O)COC(=O)C1CCCN1C(=O)C12CC3CC(CC(C3)C1)C2. The zero-order valence-corrected chi connectivity index (χ0v) is 20.0. The summed E-state index contributed by atoms with van der Waals surface area (Å²) in [6.45, 7) is 2.74. The fraction of sp³-hybridized carbons (Fsp3) is 0.667. The lowest BCUT2D eigenvalue weighted by Gasteiger charge is -2.56. The lowest BCUT2D eigenvalue weighted by molar-refractivity contribution is -0.166. The van der Waals surface area contributed by atoms with Crippen LogP contribution < -0.4 is 0 Å². The molecule has 1 aliphatic heterocycles. The third kappa shape index (κ3) is 4.46. The molecule has 5 fully saturated rings. The Hall–Kier alpha value is -2.44. The van der Waals surface area contributed by atoms with E-state index >= 15 is 0 Å². The van der Waals surface area contributed by atoms with Crippen LogP contribution in [-0.2, 0) is 25.7 Å². The zero-order chi connectivity index (χ0) is 23.9. The second-order valence-corrected chi connectivity index (χ2v) is 11.0. The van der Waals surface area contributed by atoms with Gasteiger partial charge < -0.3 is 14.5 Å². The van der Waals surface area contributed by atoms with Gasteiger partial charge in [0.2, 0.25) is 5.91 Å². The summed E-state index contributed by atoms with van der Waals surface area (Å²) in [6, 6.07) is 5.54. The summed E-state index contributed by atoms with van der Waals surface area (Å²) in [4.78, 5) is 42.7. The summed E-state index contributed by atoms with van der Waals surface area (Å²) in [5.74, 6) is 0.996. The van der Waals surface area contributed by atoms with E-state index in [1.807, 2.05) is 6.92 Å². The number of likely N-dealkylation sites (tertiary alicyclic amines) is 1. The van der Waals surface area contributed by atoms with Crippen LogP contribution in [0.4, 0.5) is 4.39 Å². The van der Waals surface area contributed by atoms with E-state index in [0.717, 1.165) is 25.7 Å². The van der Waals surface area contributed by atoms with Crippen LogP contribution in [-0.4, -0.2) is 53.3 Å². The Bertz CT molecular complexity index is 928. The largest absolute Gasteiger partial charge is 0.454 e. The van der Waals surface area contributed by atoms with Crippen molar-refractivity contribution in [3.8, 4) is 0 Å². The molecule has 4 bridgehead atoms. The van der Waals surface area contributed by atoms with Crippen LogP contribution in [0.25, 0.3) is 0 Å². The molecule has 6 nitrogen and oxygen atoms in total. The molecule has 5 aliphatic rings. The number of carbonyl (C=O) groups is 3. The summed E-state index contributed by atoms with van der Waals surface area (Å²) in [7, 11) is 0. The number of benzene rings is 1. The van der Waals surface area contributed by atoms with Gasteiger partial charge in [0.05, 0.1) is 5.41 Å². The first-order valence-corrected chi connectivity index (χ1v) is 12.9. The number of hydrogen-bond acceptors (Lipinski definition) is 4. The van der Waals surface area contributed by atoms with Gasteiger partial charge in [0, 0.05) is 19.6 Å². The second kappa shape index (κ2) is 9.31. The van der Waals surface area contributed by atoms with Crippen molar-refractivity contribution in [3.63, 3.8) is 0 Å². The average molecular weight is 471 g/mol. The van der Waals surface area contributed by atoms with E-state index in [0.29, 0.717) is 42.8 Å². The second-order valence-electron chi connectivity index (χ2n) is 11.0. The van der Waals surface area contributed by atoms with Crippen LogP contribution in [0.5, 0.6) is 0 Å².